The Labute approximate surface area is 139 Å². The minimum Gasteiger partial charge on any atom is -0.462 e. The van der Waals surface area contributed by atoms with Crippen LogP contribution in [0.3, 0.4) is 0 Å². The van der Waals surface area contributed by atoms with E-state index in [1.807, 2.05) is 6.07 Å². The first-order chi connectivity index (χ1) is 11.6. The number of carbonyl (C=O) groups excluding carboxylic acids is 2. The molecule has 2 aromatic rings. The zero-order valence-electron chi connectivity index (χ0n) is 13.4. The topological polar surface area (TPSA) is 77.4 Å². The average molecular weight is 326 g/mol. The van der Waals surface area contributed by atoms with E-state index in [1.165, 1.54) is 10.6 Å². The van der Waals surface area contributed by atoms with Gasteiger partial charge in [0, 0.05) is 18.7 Å². The number of aromatic nitrogens is 1. The number of fused-ring (bicyclic) bond motifs is 1. The van der Waals surface area contributed by atoms with Crippen LogP contribution in [0.1, 0.15) is 39.6 Å². The van der Waals surface area contributed by atoms with Gasteiger partial charge in [-0.3, -0.25) is 14.2 Å². The van der Waals surface area contributed by atoms with E-state index in [0.29, 0.717) is 30.0 Å². The number of rotatable bonds is 4. The number of hydrogen-bond donors (Lipinski definition) is 1. The van der Waals surface area contributed by atoms with Crippen molar-refractivity contribution in [3.63, 3.8) is 0 Å². The number of esters is 1. The second kappa shape index (κ2) is 6.70. The monoisotopic (exact) mass is 326 g/mol. The van der Waals surface area contributed by atoms with Crippen molar-refractivity contribution >= 4 is 17.6 Å². The molecule has 6 heteroatoms. The molecular formula is C18H18N2O4. The molecule has 0 atom stereocenters. The van der Waals surface area contributed by atoms with Gasteiger partial charge in [-0.15, -0.1) is 0 Å². The molecule has 0 unspecified atom stereocenters. The predicted octanol–water partition coefficient (Wildman–Crippen LogP) is 2.07. The second-order valence-corrected chi connectivity index (χ2v) is 5.47. The number of nitrogens with zero attached hydrogens (tertiary/aromatic N) is 1. The number of benzene rings is 1. The summed E-state index contributed by atoms with van der Waals surface area (Å²) in [6, 6.07) is 10.1. The highest BCUT2D eigenvalue weighted by atomic mass is 16.5. The van der Waals surface area contributed by atoms with Crippen LogP contribution in [0.2, 0.25) is 0 Å². The molecule has 2 heterocycles. The van der Waals surface area contributed by atoms with E-state index in [9.17, 15) is 14.4 Å². The second-order valence-electron chi connectivity index (χ2n) is 5.47. The van der Waals surface area contributed by atoms with Gasteiger partial charge in [-0.05, 0) is 19.4 Å². The summed E-state index contributed by atoms with van der Waals surface area (Å²) in [6.45, 7) is 2.97. The summed E-state index contributed by atoms with van der Waals surface area (Å²) in [5, 5.41) is 3.11. The van der Waals surface area contributed by atoms with Gasteiger partial charge in [-0.1, -0.05) is 30.3 Å². The van der Waals surface area contributed by atoms with Crippen LogP contribution in [0, 0.1) is 0 Å². The van der Waals surface area contributed by atoms with Crippen LogP contribution in [-0.4, -0.2) is 29.5 Å². The lowest BCUT2D eigenvalue weighted by Crippen LogP contribution is -2.35. The summed E-state index contributed by atoms with van der Waals surface area (Å²) < 4.78 is 6.41. The lowest BCUT2D eigenvalue weighted by atomic mass is 10.0. The first-order valence-corrected chi connectivity index (χ1v) is 7.92. The number of ether oxygens (including phenoxy) is 1. The number of pyridine rings is 1. The van der Waals surface area contributed by atoms with E-state index in [1.54, 1.807) is 31.2 Å². The van der Waals surface area contributed by atoms with Crippen LogP contribution in [0.15, 0.2) is 41.2 Å². The maximum absolute atomic E-state index is 12.9. The molecule has 6 nitrogen and oxygen atoms in total. The molecule has 0 bridgehead atoms. The molecule has 1 aliphatic heterocycles. The first-order valence-electron chi connectivity index (χ1n) is 7.92. The smallest absolute Gasteiger partial charge is 0.343 e. The van der Waals surface area contributed by atoms with Gasteiger partial charge >= 0.3 is 5.97 Å². The van der Waals surface area contributed by atoms with Crippen LogP contribution >= 0.6 is 0 Å². The number of hydrogen-bond acceptors (Lipinski definition) is 5. The number of nitrogens with one attached hydrogen (secondary N) is 1. The molecule has 0 fully saturated rings. The quantitative estimate of drug-likeness (QED) is 0.687. The highest BCUT2D eigenvalue weighted by molar-refractivity contribution is 6.12. The largest absolute Gasteiger partial charge is 0.462 e. The summed E-state index contributed by atoms with van der Waals surface area (Å²) in [7, 11) is 0. The lowest BCUT2D eigenvalue weighted by molar-refractivity contribution is 0.0523. The standard InChI is InChI=1S/C18H18N2O4/c1-2-24-18(23)14-11-13(15(21)12-7-4-3-5-8-12)16-19-9-6-10-20(16)17(14)22/h3-5,7-8,11,19H,2,6,9-10H2,1H3. The van der Waals surface area contributed by atoms with Gasteiger partial charge in [-0.2, -0.15) is 0 Å². The van der Waals surface area contributed by atoms with Crippen LogP contribution in [0.4, 0.5) is 5.82 Å². The molecule has 1 aromatic carbocycles. The molecule has 1 aliphatic rings. The number of anilines is 1. The van der Waals surface area contributed by atoms with Gasteiger partial charge in [0.1, 0.15) is 11.4 Å². The molecule has 0 saturated carbocycles. The predicted molar refractivity (Wildman–Crippen MR) is 89.6 cm³/mol. The Morgan fingerprint density at radius 1 is 1.21 bits per heavy atom. The van der Waals surface area contributed by atoms with E-state index in [4.69, 9.17) is 4.74 Å². The Bertz CT molecular complexity index is 840. The van der Waals surface area contributed by atoms with E-state index in [2.05, 4.69) is 5.32 Å². The van der Waals surface area contributed by atoms with Crippen LogP contribution in [0.5, 0.6) is 0 Å². The molecule has 1 aromatic heterocycles. The zero-order valence-corrected chi connectivity index (χ0v) is 13.4. The summed E-state index contributed by atoms with van der Waals surface area (Å²) in [4.78, 5) is 37.5. The van der Waals surface area contributed by atoms with Crippen molar-refractivity contribution in [2.24, 2.45) is 0 Å². The molecule has 0 amide bonds. The highest BCUT2D eigenvalue weighted by Crippen LogP contribution is 2.22. The molecule has 124 valence electrons. The maximum Gasteiger partial charge on any atom is 0.343 e. The SMILES string of the molecule is CCOC(=O)c1cc(C(=O)c2ccccc2)c2n(c1=O)CCCN2. The van der Waals surface area contributed by atoms with Crippen molar-refractivity contribution in [3.05, 3.63) is 63.4 Å². The van der Waals surface area contributed by atoms with E-state index in [0.717, 1.165) is 6.42 Å². The minimum absolute atomic E-state index is 0.108. The Morgan fingerprint density at radius 3 is 2.67 bits per heavy atom. The van der Waals surface area contributed by atoms with Crippen molar-refractivity contribution in [1.82, 2.24) is 4.57 Å². The molecule has 0 radical (unpaired) electrons. The molecule has 0 aliphatic carbocycles. The Morgan fingerprint density at radius 2 is 1.96 bits per heavy atom. The number of carbonyl (C=O) groups is 2. The van der Waals surface area contributed by atoms with E-state index in [-0.39, 0.29) is 18.0 Å². The fraction of sp³-hybridized carbons (Fsp3) is 0.278. The fourth-order valence-corrected chi connectivity index (χ4v) is 2.79. The summed E-state index contributed by atoms with van der Waals surface area (Å²) in [6.07, 6.45) is 0.748. The maximum atomic E-state index is 12.9. The average Bonchev–Trinajstić information content (AvgIpc) is 2.62. The van der Waals surface area contributed by atoms with Crippen molar-refractivity contribution in [1.29, 1.82) is 0 Å². The van der Waals surface area contributed by atoms with Gasteiger partial charge in [0.2, 0.25) is 0 Å². The normalized spacial score (nSPS) is 12.9. The third-order valence-corrected chi connectivity index (χ3v) is 3.92. The van der Waals surface area contributed by atoms with Gasteiger partial charge < -0.3 is 10.1 Å². The Balaban J connectivity index is 2.17. The van der Waals surface area contributed by atoms with Gasteiger partial charge in [0.15, 0.2) is 5.78 Å². The third-order valence-electron chi connectivity index (χ3n) is 3.92. The lowest BCUT2D eigenvalue weighted by Gasteiger charge is -2.23. The van der Waals surface area contributed by atoms with Gasteiger partial charge in [0.25, 0.3) is 5.56 Å². The van der Waals surface area contributed by atoms with Gasteiger partial charge in [-0.25, -0.2) is 4.79 Å². The molecule has 3 rings (SSSR count). The first kappa shape index (κ1) is 16.0. The van der Waals surface area contributed by atoms with Crippen molar-refractivity contribution < 1.29 is 14.3 Å². The van der Waals surface area contributed by atoms with E-state index >= 15 is 0 Å². The van der Waals surface area contributed by atoms with Crippen LogP contribution in [0.25, 0.3) is 0 Å². The number of ketones is 1. The van der Waals surface area contributed by atoms with E-state index < -0.39 is 11.5 Å². The molecule has 0 spiro atoms. The van der Waals surface area contributed by atoms with Crippen molar-refractivity contribution in [2.45, 2.75) is 19.9 Å². The third kappa shape index (κ3) is 2.82. The fourth-order valence-electron chi connectivity index (χ4n) is 2.79. The minimum atomic E-state index is -0.703. The Hall–Kier alpha value is -2.89. The molecular weight excluding hydrogens is 308 g/mol. The summed E-state index contributed by atoms with van der Waals surface area (Å²) in [5.74, 6) is -0.474. The highest BCUT2D eigenvalue weighted by Gasteiger charge is 2.25. The summed E-state index contributed by atoms with van der Waals surface area (Å²) >= 11 is 0. The zero-order chi connectivity index (χ0) is 17.1. The Kier molecular flexibility index (Phi) is 4.46. The van der Waals surface area contributed by atoms with Crippen LogP contribution < -0.4 is 10.9 Å². The molecule has 1 N–H and O–H groups in total. The van der Waals surface area contributed by atoms with Crippen molar-refractivity contribution in [3.8, 4) is 0 Å². The summed E-state index contributed by atoms with van der Waals surface area (Å²) in [5.41, 5.74) is 0.272. The van der Waals surface area contributed by atoms with Crippen LogP contribution in [-0.2, 0) is 11.3 Å². The molecule has 0 saturated heterocycles. The van der Waals surface area contributed by atoms with Gasteiger partial charge in [0.05, 0.1) is 12.2 Å². The molecule has 24 heavy (non-hydrogen) atoms. The van der Waals surface area contributed by atoms with Crippen molar-refractivity contribution in [2.75, 3.05) is 18.5 Å².